The number of carboxylic acids is 1. The molecule has 70 valence electrons. The molecule has 0 spiro atoms. The van der Waals surface area contributed by atoms with Crippen molar-refractivity contribution in [3.8, 4) is 0 Å². The predicted octanol–water partition coefficient (Wildman–Crippen LogP) is 1.61. The molecule has 2 heterocycles. The first kappa shape index (κ1) is 8.74. The summed E-state index contributed by atoms with van der Waals surface area (Å²) in [6.45, 7) is 0. The normalized spacial score (nSPS) is 21.2. The third-order valence-electron chi connectivity index (χ3n) is 2.32. The van der Waals surface area contributed by atoms with E-state index in [4.69, 9.17) is 5.11 Å². The van der Waals surface area contributed by atoms with Crippen molar-refractivity contribution in [2.45, 2.75) is 25.3 Å². The van der Waals surface area contributed by atoms with Gasteiger partial charge in [-0.05, 0) is 35.2 Å². The summed E-state index contributed by atoms with van der Waals surface area (Å²) in [6.07, 6.45) is 4.17. The summed E-state index contributed by atoms with van der Waals surface area (Å²) in [5, 5.41) is 13.0. The second kappa shape index (κ2) is 3.14. The third kappa shape index (κ3) is 1.37. The fourth-order valence-electron chi connectivity index (χ4n) is 1.68. The molecule has 4 nitrogen and oxygen atoms in total. The Kier molecular flexibility index (Phi) is 2.11. The Hall–Kier alpha value is -0.840. The average Bonchev–Trinajstić information content (AvgIpc) is 2.48. The number of carbonyl (C=O) groups is 1. The molecule has 1 atom stereocenters. The van der Waals surface area contributed by atoms with Gasteiger partial charge in [-0.3, -0.25) is 4.68 Å². The third-order valence-corrected chi connectivity index (χ3v) is 2.98. The monoisotopic (exact) mass is 244 g/mol. The Morgan fingerprint density at radius 3 is 3.23 bits per heavy atom. The lowest BCUT2D eigenvalue weighted by molar-refractivity contribution is -0.141. The molecule has 1 aromatic rings. The first-order valence-corrected chi connectivity index (χ1v) is 4.94. The van der Waals surface area contributed by atoms with Gasteiger partial charge < -0.3 is 5.11 Å². The van der Waals surface area contributed by atoms with Gasteiger partial charge >= 0.3 is 5.97 Å². The number of aliphatic carboxylic acids is 1. The summed E-state index contributed by atoms with van der Waals surface area (Å²) in [5.41, 5.74) is 0.999. The van der Waals surface area contributed by atoms with Crippen LogP contribution in [0.25, 0.3) is 0 Å². The zero-order valence-electron chi connectivity index (χ0n) is 6.90. The maximum Gasteiger partial charge on any atom is 0.328 e. The van der Waals surface area contributed by atoms with Crippen molar-refractivity contribution in [1.29, 1.82) is 0 Å². The van der Waals surface area contributed by atoms with Crippen LogP contribution >= 0.6 is 15.9 Å². The fraction of sp³-hybridized carbons (Fsp3) is 0.500. The van der Waals surface area contributed by atoms with E-state index in [0.29, 0.717) is 6.42 Å². The Labute approximate surface area is 83.7 Å². The van der Waals surface area contributed by atoms with E-state index < -0.39 is 12.0 Å². The molecule has 1 N–H and O–H groups in total. The molecular formula is C8H9BrN2O2. The smallest absolute Gasteiger partial charge is 0.328 e. The first-order chi connectivity index (χ1) is 6.20. The molecule has 1 aromatic heterocycles. The van der Waals surface area contributed by atoms with Gasteiger partial charge in [0.1, 0.15) is 6.04 Å². The van der Waals surface area contributed by atoms with Crippen molar-refractivity contribution in [2.75, 3.05) is 0 Å². The molecule has 1 aliphatic rings. The summed E-state index contributed by atoms with van der Waals surface area (Å²) < 4.78 is 2.52. The standard InChI is InChI=1S/C8H9BrN2O2/c9-5-4-10-11-6(5)2-1-3-7(11)8(12)13/h4,7H,1-3H2,(H,12,13). The van der Waals surface area contributed by atoms with Gasteiger partial charge in [-0.25, -0.2) is 4.79 Å². The van der Waals surface area contributed by atoms with Crippen LogP contribution < -0.4 is 0 Å². The van der Waals surface area contributed by atoms with Crippen molar-refractivity contribution < 1.29 is 9.90 Å². The van der Waals surface area contributed by atoms with Gasteiger partial charge in [-0.1, -0.05) is 0 Å². The molecule has 0 aromatic carbocycles. The zero-order chi connectivity index (χ0) is 9.42. The highest BCUT2D eigenvalue weighted by molar-refractivity contribution is 9.10. The highest BCUT2D eigenvalue weighted by Crippen LogP contribution is 2.28. The van der Waals surface area contributed by atoms with Crippen LogP contribution in [0.5, 0.6) is 0 Å². The quantitative estimate of drug-likeness (QED) is 0.817. The maximum absolute atomic E-state index is 10.9. The maximum atomic E-state index is 10.9. The molecule has 0 saturated carbocycles. The first-order valence-electron chi connectivity index (χ1n) is 4.15. The molecule has 0 fully saturated rings. The van der Waals surface area contributed by atoms with Crippen molar-refractivity contribution >= 4 is 21.9 Å². The summed E-state index contributed by atoms with van der Waals surface area (Å²) >= 11 is 3.35. The summed E-state index contributed by atoms with van der Waals surface area (Å²) in [4.78, 5) is 10.9. The number of aromatic nitrogens is 2. The number of halogens is 1. The Morgan fingerprint density at radius 2 is 2.54 bits per heavy atom. The summed E-state index contributed by atoms with van der Waals surface area (Å²) in [7, 11) is 0. The molecular weight excluding hydrogens is 236 g/mol. The van der Waals surface area contributed by atoms with Gasteiger partial charge in [-0.2, -0.15) is 5.10 Å². The van der Waals surface area contributed by atoms with Gasteiger partial charge in [0.15, 0.2) is 0 Å². The van der Waals surface area contributed by atoms with Gasteiger partial charge in [0.2, 0.25) is 0 Å². The highest BCUT2D eigenvalue weighted by atomic mass is 79.9. The van der Waals surface area contributed by atoms with Crippen molar-refractivity contribution in [1.82, 2.24) is 9.78 Å². The van der Waals surface area contributed by atoms with E-state index in [2.05, 4.69) is 21.0 Å². The lowest BCUT2D eigenvalue weighted by atomic mass is 10.0. The highest BCUT2D eigenvalue weighted by Gasteiger charge is 2.27. The zero-order valence-corrected chi connectivity index (χ0v) is 8.49. The van der Waals surface area contributed by atoms with Gasteiger partial charge in [0.05, 0.1) is 16.4 Å². The van der Waals surface area contributed by atoms with Crippen molar-refractivity contribution in [3.63, 3.8) is 0 Å². The fourth-order valence-corrected chi connectivity index (χ4v) is 2.15. The van der Waals surface area contributed by atoms with E-state index in [9.17, 15) is 4.79 Å². The number of fused-ring (bicyclic) bond motifs is 1. The molecule has 1 aliphatic heterocycles. The number of carboxylic acid groups (broad SMARTS) is 1. The molecule has 5 heteroatoms. The molecule has 0 saturated heterocycles. The molecule has 0 bridgehead atoms. The van der Waals surface area contributed by atoms with Crippen LogP contribution in [-0.4, -0.2) is 20.9 Å². The van der Waals surface area contributed by atoms with Crippen LogP contribution in [0.2, 0.25) is 0 Å². The lowest BCUT2D eigenvalue weighted by Gasteiger charge is -2.20. The van der Waals surface area contributed by atoms with Crippen LogP contribution in [0.15, 0.2) is 10.7 Å². The van der Waals surface area contributed by atoms with Gasteiger partial charge in [0, 0.05) is 0 Å². The van der Waals surface area contributed by atoms with Crippen LogP contribution in [0.3, 0.4) is 0 Å². The molecule has 2 rings (SSSR count). The number of hydrogen-bond donors (Lipinski definition) is 1. The van der Waals surface area contributed by atoms with Crippen LogP contribution in [0.4, 0.5) is 0 Å². The van der Waals surface area contributed by atoms with E-state index in [-0.39, 0.29) is 0 Å². The second-order valence-corrected chi connectivity index (χ2v) is 3.98. The summed E-state index contributed by atoms with van der Waals surface area (Å²) in [6, 6.07) is -0.477. The van der Waals surface area contributed by atoms with Crippen LogP contribution in [0.1, 0.15) is 24.6 Å². The van der Waals surface area contributed by atoms with Gasteiger partial charge in [0.25, 0.3) is 0 Å². The molecule has 13 heavy (non-hydrogen) atoms. The van der Waals surface area contributed by atoms with Gasteiger partial charge in [-0.15, -0.1) is 0 Å². The largest absolute Gasteiger partial charge is 0.480 e. The second-order valence-electron chi connectivity index (χ2n) is 3.13. The van der Waals surface area contributed by atoms with Crippen LogP contribution in [-0.2, 0) is 11.2 Å². The number of hydrogen-bond acceptors (Lipinski definition) is 2. The minimum Gasteiger partial charge on any atom is -0.480 e. The average molecular weight is 245 g/mol. The number of nitrogens with zero attached hydrogens (tertiary/aromatic N) is 2. The molecule has 0 radical (unpaired) electrons. The van der Waals surface area contributed by atoms with Crippen molar-refractivity contribution in [2.24, 2.45) is 0 Å². The topological polar surface area (TPSA) is 55.1 Å². The SMILES string of the molecule is O=C(O)C1CCCc2c(Br)cnn21. The van der Waals surface area contributed by atoms with E-state index in [1.165, 1.54) is 0 Å². The molecule has 1 unspecified atom stereocenters. The van der Waals surface area contributed by atoms with E-state index in [0.717, 1.165) is 23.0 Å². The molecule has 0 aliphatic carbocycles. The Balaban J connectivity index is 2.43. The minimum absolute atomic E-state index is 0.477. The molecule has 0 amide bonds. The van der Waals surface area contributed by atoms with E-state index in [1.807, 2.05) is 0 Å². The Morgan fingerprint density at radius 1 is 1.77 bits per heavy atom. The van der Waals surface area contributed by atoms with E-state index >= 15 is 0 Å². The minimum atomic E-state index is -0.795. The lowest BCUT2D eigenvalue weighted by Crippen LogP contribution is -2.25. The van der Waals surface area contributed by atoms with E-state index in [1.54, 1.807) is 10.9 Å². The number of rotatable bonds is 1. The van der Waals surface area contributed by atoms with Crippen LogP contribution in [0, 0.1) is 0 Å². The Bertz CT molecular complexity index is 348. The van der Waals surface area contributed by atoms with Crippen molar-refractivity contribution in [3.05, 3.63) is 16.4 Å². The predicted molar refractivity (Wildman–Crippen MR) is 49.5 cm³/mol. The summed E-state index contributed by atoms with van der Waals surface area (Å²) in [5.74, 6) is -0.795.